The number of unbranched alkanes of at least 4 members (excludes halogenated alkanes) is 4. The molecule has 0 saturated carbocycles. The smallest absolute Gasteiger partial charge is 0.302 e. The lowest BCUT2D eigenvalue weighted by atomic mass is 10.0. The van der Waals surface area contributed by atoms with Crippen molar-refractivity contribution in [3.05, 3.63) is 70.8 Å². The first-order chi connectivity index (χ1) is 36.2. The van der Waals surface area contributed by atoms with Crippen LogP contribution in [0, 0.1) is 6.92 Å². The van der Waals surface area contributed by atoms with Crippen LogP contribution in [0.3, 0.4) is 0 Å². The van der Waals surface area contributed by atoms with Gasteiger partial charge in [0.05, 0.1) is 7.11 Å². The minimum Gasteiger partial charge on any atom is -0.469 e. The summed E-state index contributed by atoms with van der Waals surface area (Å²) in [6.07, 6.45) is 14.6. The molecule has 0 aliphatic carbocycles. The highest BCUT2D eigenvalue weighted by Gasteiger charge is 2.38. The van der Waals surface area contributed by atoms with E-state index in [1.807, 2.05) is 79.7 Å². The number of esters is 1. The number of nitrogens with zero attached hydrogens (tertiary/aromatic N) is 12. The van der Waals surface area contributed by atoms with Gasteiger partial charge in [0.25, 0.3) is 5.91 Å². The molecule has 2 aromatic carbocycles. The van der Waals surface area contributed by atoms with Gasteiger partial charge in [0, 0.05) is 88.2 Å². The van der Waals surface area contributed by atoms with Crippen LogP contribution in [0.1, 0.15) is 221 Å². The molecular formula is C57H95N15O6. The third-order valence-corrected chi connectivity index (χ3v) is 12.4. The SMILES string of the molecule is C.CC(=O)NC(C)CC1(C)N=N1.CCCC1(C)N=N1.CCCCCCCC(=O)CCC1(C)N=N1.CCCNC(=O)CCC1(C)N=N1.CCCNC(=O)c1ccc(C2(C)N=N2)cc1.COC(C)=O.Cc1ccc(C2(C)N=N2)cc1. The van der Waals surface area contributed by atoms with E-state index in [-0.39, 0.29) is 71.1 Å². The largest absolute Gasteiger partial charge is 0.469 e. The molecule has 1 unspecified atom stereocenters. The summed E-state index contributed by atoms with van der Waals surface area (Å²) in [7, 11) is 1.35. The standard InChI is InChI=1S/C12H15N3O.C12H22N2O.C9H10N2.C8H15N3O.C7H13N3O.C5H10N2.C3H6O2.CH4/c1-3-8-13-11(16)9-4-6-10(7-5-9)12(2)14-15-12;1-3-4-5-6-7-8-11(15)9-10-12(2)13-14-12;1-7-3-5-8(6-4-7)9(2)10-11-9;1-3-6-9-7(12)4-5-8(2)10-11-8;1-5(8-6(2)11)4-7(3)9-10-7;1-3-4-5(2)6-7-5;1-3(4)5-2;/h4-7H,3,8H2,1-2H3,(H,13,16);3-10H2,1-2H3;3-6H,1-2H3;3-6H2,1-2H3,(H,9,12);5H,4H2,1-3H3,(H,8,11);3-4H2,1-2H3;1-2H3;1H4. The van der Waals surface area contributed by atoms with Crippen LogP contribution in [-0.4, -0.2) is 78.4 Å². The predicted molar refractivity (Wildman–Crippen MR) is 305 cm³/mol. The van der Waals surface area contributed by atoms with Crippen molar-refractivity contribution in [3.8, 4) is 0 Å². The number of Topliss-reactive ketones (excluding diaryl/α,β-unsaturated/α-hetero) is 1. The van der Waals surface area contributed by atoms with Gasteiger partial charge in [-0.15, -0.1) is 0 Å². The van der Waals surface area contributed by atoms with Crippen molar-refractivity contribution in [1.82, 2.24) is 16.0 Å². The van der Waals surface area contributed by atoms with Crippen LogP contribution in [0.25, 0.3) is 0 Å². The molecular weight excluding hydrogens is 991 g/mol. The molecule has 3 N–H and O–H groups in total. The first-order valence-corrected chi connectivity index (χ1v) is 27.4. The number of benzene rings is 2. The van der Waals surface area contributed by atoms with Crippen LogP contribution in [0.4, 0.5) is 0 Å². The van der Waals surface area contributed by atoms with Crippen molar-refractivity contribution in [2.75, 3.05) is 20.2 Å². The summed E-state index contributed by atoms with van der Waals surface area (Å²) in [5.74, 6) is 0.218. The van der Waals surface area contributed by atoms with E-state index in [1.54, 1.807) is 0 Å². The van der Waals surface area contributed by atoms with Crippen molar-refractivity contribution in [3.63, 3.8) is 0 Å². The molecule has 0 saturated heterocycles. The van der Waals surface area contributed by atoms with E-state index in [4.69, 9.17) is 0 Å². The average Bonchev–Trinajstić information content (AvgIpc) is 4.10. The molecule has 3 amide bonds. The summed E-state index contributed by atoms with van der Waals surface area (Å²) in [4.78, 5) is 54.3. The lowest BCUT2D eigenvalue weighted by Gasteiger charge is -2.13. The molecule has 434 valence electrons. The van der Waals surface area contributed by atoms with Crippen LogP contribution in [0.5, 0.6) is 0 Å². The van der Waals surface area contributed by atoms with Crippen LogP contribution in [0.15, 0.2) is 110 Å². The number of carbonyl (C=O) groups is 5. The summed E-state index contributed by atoms with van der Waals surface area (Å²) in [5, 5.41) is 55.1. The Morgan fingerprint density at radius 1 is 0.526 bits per heavy atom. The summed E-state index contributed by atoms with van der Waals surface area (Å²) >= 11 is 0. The maximum atomic E-state index is 11.6. The summed E-state index contributed by atoms with van der Waals surface area (Å²) < 4.78 is 4.11. The first kappa shape index (κ1) is 69.6. The Hall–Kier alpha value is -6.41. The summed E-state index contributed by atoms with van der Waals surface area (Å²) in [6, 6.07) is 15.9. The van der Waals surface area contributed by atoms with Gasteiger partial charge >= 0.3 is 5.97 Å². The van der Waals surface area contributed by atoms with Crippen molar-refractivity contribution in [2.24, 2.45) is 61.4 Å². The molecule has 0 radical (unpaired) electrons. The maximum absolute atomic E-state index is 11.6. The number of ether oxygens (including phenoxy) is 1. The summed E-state index contributed by atoms with van der Waals surface area (Å²) in [5.41, 5.74) is 3.01. The molecule has 21 heteroatoms. The van der Waals surface area contributed by atoms with E-state index in [0.29, 0.717) is 30.7 Å². The van der Waals surface area contributed by atoms with Crippen LogP contribution in [-0.2, 0) is 35.2 Å². The molecule has 6 aliphatic heterocycles. The zero-order valence-electron chi connectivity index (χ0n) is 49.0. The molecule has 78 heavy (non-hydrogen) atoms. The average molecular weight is 1090 g/mol. The molecule has 6 aliphatic rings. The second-order valence-electron chi connectivity index (χ2n) is 21.1. The van der Waals surface area contributed by atoms with Gasteiger partial charge in [-0.05, 0) is 93.2 Å². The zero-order valence-corrected chi connectivity index (χ0v) is 49.0. The fourth-order valence-corrected chi connectivity index (χ4v) is 6.83. The van der Waals surface area contributed by atoms with Crippen molar-refractivity contribution < 1.29 is 28.7 Å². The number of rotatable bonds is 24. The Labute approximate surface area is 465 Å². The minimum atomic E-state index is -0.363. The molecule has 8 rings (SSSR count). The Balaban J connectivity index is 0.000000464. The number of amides is 3. The second kappa shape index (κ2) is 33.8. The molecule has 1 atom stereocenters. The molecule has 6 heterocycles. The zero-order chi connectivity index (χ0) is 57.8. The van der Waals surface area contributed by atoms with Crippen molar-refractivity contribution in [1.29, 1.82) is 0 Å². The highest BCUT2D eigenvalue weighted by Crippen LogP contribution is 2.40. The Bertz CT molecular complexity index is 2330. The number of aryl methyl sites for hydroxylation is 1. The third-order valence-electron chi connectivity index (χ3n) is 12.4. The fraction of sp³-hybridized carbons (Fsp3) is 0.702. The quantitative estimate of drug-likeness (QED) is 0.0678. The molecule has 0 spiro atoms. The van der Waals surface area contributed by atoms with Crippen LogP contribution in [0.2, 0.25) is 0 Å². The van der Waals surface area contributed by atoms with E-state index in [1.165, 1.54) is 64.2 Å². The van der Waals surface area contributed by atoms with E-state index < -0.39 is 0 Å². The fourth-order valence-electron chi connectivity index (χ4n) is 6.83. The van der Waals surface area contributed by atoms with Crippen LogP contribution >= 0.6 is 0 Å². The number of nitrogens with one attached hydrogen (secondary N) is 3. The van der Waals surface area contributed by atoms with Crippen molar-refractivity contribution >= 4 is 29.5 Å². The highest BCUT2D eigenvalue weighted by atomic mass is 16.5. The van der Waals surface area contributed by atoms with Gasteiger partial charge in [-0.3, -0.25) is 24.0 Å². The normalized spacial score (nSPS) is 17.2. The molecule has 0 aromatic heterocycles. The van der Waals surface area contributed by atoms with Gasteiger partial charge in [-0.2, -0.15) is 61.4 Å². The topological polar surface area (TPSA) is 279 Å². The van der Waals surface area contributed by atoms with Gasteiger partial charge < -0.3 is 20.7 Å². The number of hydrogen-bond donors (Lipinski definition) is 3. The van der Waals surface area contributed by atoms with Gasteiger partial charge in [0.15, 0.2) is 22.7 Å². The van der Waals surface area contributed by atoms with E-state index in [2.05, 4.69) is 134 Å². The number of methoxy groups -OCH3 is 1. The Morgan fingerprint density at radius 2 is 0.949 bits per heavy atom. The van der Waals surface area contributed by atoms with Gasteiger partial charge in [-0.1, -0.05) is 109 Å². The third kappa shape index (κ3) is 31.7. The molecule has 0 fully saturated rings. The van der Waals surface area contributed by atoms with Crippen LogP contribution < -0.4 is 16.0 Å². The van der Waals surface area contributed by atoms with E-state index in [0.717, 1.165) is 63.5 Å². The van der Waals surface area contributed by atoms with E-state index >= 15 is 0 Å². The maximum Gasteiger partial charge on any atom is 0.302 e. The van der Waals surface area contributed by atoms with Gasteiger partial charge in [-0.25, -0.2) is 0 Å². The monoisotopic (exact) mass is 1090 g/mol. The van der Waals surface area contributed by atoms with E-state index in [9.17, 15) is 24.0 Å². The number of ketones is 1. The first-order valence-electron chi connectivity index (χ1n) is 27.4. The molecule has 2 aromatic rings. The predicted octanol–water partition coefficient (Wildman–Crippen LogP) is 14.3. The molecule has 21 nitrogen and oxygen atoms in total. The van der Waals surface area contributed by atoms with Gasteiger partial charge in [0.1, 0.15) is 5.78 Å². The van der Waals surface area contributed by atoms with Crippen molar-refractivity contribution in [2.45, 2.75) is 241 Å². The highest BCUT2D eigenvalue weighted by molar-refractivity contribution is 5.94. The van der Waals surface area contributed by atoms with Gasteiger partial charge in [0.2, 0.25) is 23.1 Å². The summed E-state index contributed by atoms with van der Waals surface area (Å²) in [6.45, 7) is 28.7. The molecule has 0 bridgehead atoms. The Kier molecular flexibility index (Phi) is 30.1. The number of hydrogen-bond acceptors (Lipinski definition) is 18. The minimum absolute atomic E-state index is 0. The second-order valence-corrected chi connectivity index (χ2v) is 21.1. The number of carbonyl (C=O) groups excluding carboxylic acids is 5. The Morgan fingerprint density at radius 3 is 1.33 bits per heavy atom. The lowest BCUT2D eigenvalue weighted by Crippen LogP contribution is -2.33. The lowest BCUT2D eigenvalue weighted by molar-refractivity contribution is -0.138.